The van der Waals surface area contributed by atoms with Crippen molar-refractivity contribution in [2.75, 3.05) is 31.6 Å². The Morgan fingerprint density at radius 3 is 3.16 bits per heavy atom. The summed E-state index contributed by atoms with van der Waals surface area (Å²) in [7, 11) is 1.67. The van der Waals surface area contributed by atoms with Crippen LogP contribution in [0.3, 0.4) is 0 Å². The molecular weight excluding hydrogens is 240 g/mol. The van der Waals surface area contributed by atoms with Gasteiger partial charge in [0.25, 0.3) is 0 Å². The van der Waals surface area contributed by atoms with Crippen LogP contribution < -0.4 is 15.0 Å². The molecule has 1 heterocycles. The zero-order valence-corrected chi connectivity index (χ0v) is 11.3. The van der Waals surface area contributed by atoms with Gasteiger partial charge in [-0.3, -0.25) is 4.79 Å². The van der Waals surface area contributed by atoms with Crippen molar-refractivity contribution in [1.82, 2.24) is 5.32 Å². The monoisotopic (exact) mass is 260 g/mol. The van der Waals surface area contributed by atoms with E-state index in [0.717, 1.165) is 30.8 Å². The molecule has 1 amide bonds. The molecule has 1 N–H and O–H groups in total. The van der Waals surface area contributed by atoms with E-state index >= 15 is 0 Å². The van der Waals surface area contributed by atoms with E-state index in [1.807, 2.05) is 12.1 Å². The fourth-order valence-electron chi connectivity index (χ4n) is 2.36. The molecule has 0 bridgehead atoms. The van der Waals surface area contributed by atoms with E-state index in [9.17, 15) is 4.79 Å². The zero-order chi connectivity index (χ0) is 13.7. The minimum absolute atomic E-state index is 0.0311. The maximum atomic E-state index is 11.8. The number of hydrogen-bond acceptors (Lipinski definition) is 3. The Bertz CT molecular complexity index is 471. The summed E-state index contributed by atoms with van der Waals surface area (Å²) in [6.07, 6.45) is 3.79. The predicted molar refractivity (Wildman–Crippen MR) is 76.7 cm³/mol. The number of hydrogen-bond donors (Lipinski definition) is 1. The first kappa shape index (κ1) is 13.5. The van der Waals surface area contributed by atoms with Gasteiger partial charge >= 0.3 is 0 Å². The van der Waals surface area contributed by atoms with Gasteiger partial charge in [0.15, 0.2) is 0 Å². The molecule has 0 radical (unpaired) electrons. The minimum Gasteiger partial charge on any atom is -0.497 e. The van der Waals surface area contributed by atoms with Gasteiger partial charge in [0.2, 0.25) is 5.91 Å². The predicted octanol–water partition coefficient (Wildman–Crippen LogP) is 1.75. The van der Waals surface area contributed by atoms with Gasteiger partial charge in [-0.1, -0.05) is 6.08 Å². The summed E-state index contributed by atoms with van der Waals surface area (Å²) < 4.78 is 5.24. The maximum Gasteiger partial charge on any atom is 0.239 e. The molecule has 102 valence electrons. The van der Waals surface area contributed by atoms with Crippen LogP contribution in [0.15, 0.2) is 30.9 Å². The Balaban J connectivity index is 2.09. The first-order valence-corrected chi connectivity index (χ1v) is 6.54. The minimum atomic E-state index is 0.0311. The standard InChI is InChI=1S/C15H20N2O2/c1-3-8-16-15(18)11-17-9-4-5-12-10-13(19-2)6-7-14(12)17/h3,6-7,10H,1,4-5,8-9,11H2,2H3,(H,16,18). The third kappa shape index (κ3) is 3.28. The molecule has 1 aliphatic rings. The Kier molecular flexibility index (Phi) is 4.44. The summed E-state index contributed by atoms with van der Waals surface area (Å²) in [5.74, 6) is 0.903. The molecule has 0 fully saturated rings. The largest absolute Gasteiger partial charge is 0.497 e. The molecule has 1 aromatic rings. The Hall–Kier alpha value is -1.97. The van der Waals surface area contributed by atoms with Crippen molar-refractivity contribution in [1.29, 1.82) is 0 Å². The third-order valence-corrected chi connectivity index (χ3v) is 3.28. The first-order valence-electron chi connectivity index (χ1n) is 6.54. The first-order chi connectivity index (χ1) is 9.24. The van der Waals surface area contributed by atoms with Gasteiger partial charge in [0, 0.05) is 18.8 Å². The van der Waals surface area contributed by atoms with E-state index in [1.165, 1.54) is 5.56 Å². The number of benzene rings is 1. The second kappa shape index (κ2) is 6.27. The summed E-state index contributed by atoms with van der Waals surface area (Å²) in [6, 6.07) is 6.04. The van der Waals surface area contributed by atoms with E-state index in [0.29, 0.717) is 13.1 Å². The van der Waals surface area contributed by atoms with E-state index in [4.69, 9.17) is 4.74 Å². The highest BCUT2D eigenvalue weighted by Gasteiger charge is 2.19. The summed E-state index contributed by atoms with van der Waals surface area (Å²) >= 11 is 0. The number of nitrogens with zero attached hydrogens (tertiary/aromatic N) is 1. The smallest absolute Gasteiger partial charge is 0.239 e. The van der Waals surface area contributed by atoms with Crippen LogP contribution >= 0.6 is 0 Å². The quantitative estimate of drug-likeness (QED) is 0.820. The molecule has 1 aromatic carbocycles. The lowest BCUT2D eigenvalue weighted by Crippen LogP contribution is -2.39. The van der Waals surface area contributed by atoms with Gasteiger partial charge in [-0.15, -0.1) is 6.58 Å². The number of methoxy groups -OCH3 is 1. The number of fused-ring (bicyclic) bond motifs is 1. The summed E-state index contributed by atoms with van der Waals surface area (Å²) in [5.41, 5.74) is 2.39. The topological polar surface area (TPSA) is 41.6 Å². The van der Waals surface area contributed by atoms with Crippen LogP contribution in [-0.2, 0) is 11.2 Å². The van der Waals surface area contributed by atoms with Crippen LogP contribution in [0.25, 0.3) is 0 Å². The van der Waals surface area contributed by atoms with Crippen molar-refractivity contribution < 1.29 is 9.53 Å². The van der Waals surface area contributed by atoms with Crippen molar-refractivity contribution in [3.05, 3.63) is 36.4 Å². The highest BCUT2D eigenvalue weighted by molar-refractivity contribution is 5.82. The van der Waals surface area contributed by atoms with Gasteiger partial charge < -0.3 is 15.0 Å². The lowest BCUT2D eigenvalue weighted by Gasteiger charge is -2.31. The number of nitrogens with one attached hydrogen (secondary N) is 1. The Morgan fingerprint density at radius 2 is 2.42 bits per heavy atom. The highest BCUT2D eigenvalue weighted by Crippen LogP contribution is 2.30. The number of carbonyl (C=O) groups excluding carboxylic acids is 1. The van der Waals surface area contributed by atoms with Crippen LogP contribution in [0.1, 0.15) is 12.0 Å². The van der Waals surface area contributed by atoms with Gasteiger partial charge in [-0.25, -0.2) is 0 Å². The molecular formula is C15H20N2O2. The Labute approximate surface area is 114 Å². The maximum absolute atomic E-state index is 11.8. The average Bonchev–Trinajstić information content (AvgIpc) is 2.44. The molecule has 2 rings (SSSR count). The van der Waals surface area contributed by atoms with E-state index in [1.54, 1.807) is 13.2 Å². The second-order valence-corrected chi connectivity index (χ2v) is 4.61. The number of rotatable bonds is 5. The van der Waals surface area contributed by atoms with Gasteiger partial charge in [-0.2, -0.15) is 0 Å². The molecule has 4 heteroatoms. The van der Waals surface area contributed by atoms with Crippen molar-refractivity contribution in [2.24, 2.45) is 0 Å². The molecule has 0 saturated carbocycles. The summed E-state index contributed by atoms with van der Waals surface area (Å²) in [6.45, 7) is 5.42. The Morgan fingerprint density at radius 1 is 1.58 bits per heavy atom. The average molecular weight is 260 g/mol. The van der Waals surface area contributed by atoms with Gasteiger partial charge in [-0.05, 0) is 36.6 Å². The second-order valence-electron chi connectivity index (χ2n) is 4.61. The number of amides is 1. The van der Waals surface area contributed by atoms with Gasteiger partial charge in [0.05, 0.1) is 13.7 Å². The molecule has 0 aliphatic carbocycles. The number of anilines is 1. The zero-order valence-electron chi connectivity index (χ0n) is 11.3. The summed E-state index contributed by atoms with van der Waals surface area (Å²) in [4.78, 5) is 13.9. The van der Waals surface area contributed by atoms with Crippen LogP contribution in [0.5, 0.6) is 5.75 Å². The summed E-state index contributed by atoms with van der Waals surface area (Å²) in [5, 5.41) is 2.81. The molecule has 0 saturated heterocycles. The van der Waals surface area contributed by atoms with Crippen LogP contribution in [0, 0.1) is 0 Å². The van der Waals surface area contributed by atoms with Crippen LogP contribution in [0.2, 0.25) is 0 Å². The molecule has 0 unspecified atom stereocenters. The van der Waals surface area contributed by atoms with Crippen molar-refractivity contribution >= 4 is 11.6 Å². The molecule has 0 spiro atoms. The van der Waals surface area contributed by atoms with Crippen molar-refractivity contribution in [2.45, 2.75) is 12.8 Å². The number of aryl methyl sites for hydroxylation is 1. The van der Waals surface area contributed by atoms with E-state index in [2.05, 4.69) is 22.9 Å². The van der Waals surface area contributed by atoms with Crippen molar-refractivity contribution in [3.8, 4) is 5.75 Å². The SMILES string of the molecule is C=CCNC(=O)CN1CCCc2cc(OC)ccc21. The van der Waals surface area contributed by atoms with Crippen molar-refractivity contribution in [3.63, 3.8) is 0 Å². The number of ether oxygens (including phenoxy) is 1. The fourth-order valence-corrected chi connectivity index (χ4v) is 2.36. The van der Waals surface area contributed by atoms with Crippen LogP contribution in [0.4, 0.5) is 5.69 Å². The molecule has 4 nitrogen and oxygen atoms in total. The third-order valence-electron chi connectivity index (χ3n) is 3.28. The number of carbonyl (C=O) groups is 1. The molecule has 0 atom stereocenters. The fraction of sp³-hybridized carbons (Fsp3) is 0.400. The highest BCUT2D eigenvalue weighted by atomic mass is 16.5. The lowest BCUT2D eigenvalue weighted by molar-refractivity contribution is -0.119. The van der Waals surface area contributed by atoms with Gasteiger partial charge in [0.1, 0.15) is 5.75 Å². The normalized spacial score (nSPS) is 13.6. The van der Waals surface area contributed by atoms with E-state index < -0.39 is 0 Å². The van der Waals surface area contributed by atoms with Crippen LogP contribution in [-0.4, -0.2) is 32.7 Å². The molecule has 1 aliphatic heterocycles. The molecule has 19 heavy (non-hydrogen) atoms. The lowest BCUT2D eigenvalue weighted by atomic mass is 10.0. The van der Waals surface area contributed by atoms with E-state index in [-0.39, 0.29) is 5.91 Å². The molecule has 0 aromatic heterocycles.